The van der Waals surface area contributed by atoms with Crippen LogP contribution in [0.25, 0.3) is 11.3 Å². The highest BCUT2D eigenvalue weighted by atomic mass is 19.2. The van der Waals surface area contributed by atoms with Crippen LogP contribution in [0.1, 0.15) is 11.4 Å². The maximum atomic E-state index is 13.2. The molecule has 0 fully saturated rings. The van der Waals surface area contributed by atoms with Crippen LogP contribution in [0.15, 0.2) is 24.4 Å². The summed E-state index contributed by atoms with van der Waals surface area (Å²) in [6.07, 6.45) is 1.10. The van der Waals surface area contributed by atoms with Crippen LogP contribution in [0.3, 0.4) is 0 Å². The van der Waals surface area contributed by atoms with Crippen LogP contribution in [0.5, 0.6) is 0 Å². The second kappa shape index (κ2) is 5.09. The van der Waals surface area contributed by atoms with Gasteiger partial charge in [-0.25, -0.2) is 18.7 Å². The molecule has 1 N–H and O–H groups in total. The highest BCUT2D eigenvalue weighted by Crippen LogP contribution is 2.23. The normalized spacial score (nSPS) is 10.5. The topological polar surface area (TPSA) is 63.1 Å². The highest BCUT2D eigenvalue weighted by Gasteiger charge is 2.13. The van der Waals surface area contributed by atoms with E-state index < -0.39 is 17.6 Å². The Balaban J connectivity index is 2.55. The van der Waals surface area contributed by atoms with E-state index in [1.54, 1.807) is 6.92 Å². The van der Waals surface area contributed by atoms with E-state index in [1.165, 1.54) is 12.3 Å². The van der Waals surface area contributed by atoms with Gasteiger partial charge in [-0.3, -0.25) is 4.79 Å². The van der Waals surface area contributed by atoms with Gasteiger partial charge in [-0.1, -0.05) is 0 Å². The number of carboxylic acids is 1. The van der Waals surface area contributed by atoms with Crippen molar-refractivity contribution in [1.82, 2.24) is 9.97 Å². The average Bonchev–Trinajstić information content (AvgIpc) is 2.34. The molecule has 0 aliphatic carbocycles. The molecule has 98 valence electrons. The summed E-state index contributed by atoms with van der Waals surface area (Å²) in [4.78, 5) is 18.8. The summed E-state index contributed by atoms with van der Waals surface area (Å²) in [5.41, 5.74) is 0.971. The zero-order chi connectivity index (χ0) is 14.0. The molecule has 2 aromatic rings. The zero-order valence-electron chi connectivity index (χ0n) is 10.0. The number of aromatic nitrogens is 2. The van der Waals surface area contributed by atoms with Crippen molar-refractivity contribution in [2.24, 2.45) is 0 Å². The first-order valence-electron chi connectivity index (χ1n) is 5.47. The van der Waals surface area contributed by atoms with E-state index >= 15 is 0 Å². The largest absolute Gasteiger partial charge is 0.481 e. The van der Waals surface area contributed by atoms with Crippen molar-refractivity contribution in [3.63, 3.8) is 0 Å². The van der Waals surface area contributed by atoms with Gasteiger partial charge in [-0.05, 0) is 25.1 Å². The molecule has 1 aromatic carbocycles. The molecule has 0 atom stereocenters. The van der Waals surface area contributed by atoms with Gasteiger partial charge in [-0.2, -0.15) is 0 Å². The fourth-order valence-electron chi connectivity index (χ4n) is 1.68. The van der Waals surface area contributed by atoms with Crippen LogP contribution >= 0.6 is 0 Å². The quantitative estimate of drug-likeness (QED) is 0.924. The van der Waals surface area contributed by atoms with Crippen LogP contribution in [0.2, 0.25) is 0 Å². The summed E-state index contributed by atoms with van der Waals surface area (Å²) < 4.78 is 26.1. The van der Waals surface area contributed by atoms with Crippen LogP contribution < -0.4 is 0 Å². The Morgan fingerprint density at radius 1 is 1.32 bits per heavy atom. The average molecular weight is 264 g/mol. The fourth-order valence-corrected chi connectivity index (χ4v) is 1.68. The third-order valence-corrected chi connectivity index (χ3v) is 2.52. The van der Waals surface area contributed by atoms with E-state index in [0.29, 0.717) is 22.6 Å². The van der Waals surface area contributed by atoms with E-state index in [-0.39, 0.29) is 6.42 Å². The van der Waals surface area contributed by atoms with Crippen molar-refractivity contribution in [2.75, 3.05) is 0 Å². The molecule has 0 aliphatic heterocycles. The van der Waals surface area contributed by atoms with Gasteiger partial charge in [0.25, 0.3) is 0 Å². The molecule has 0 amide bonds. The number of hydrogen-bond acceptors (Lipinski definition) is 3. The standard InChI is InChI=1S/C13H10F2N2O2/c1-7-16-6-9(5-12(18)19)13(17-7)8-2-3-10(14)11(15)4-8/h2-4,6H,5H2,1H3,(H,18,19). The Bertz CT molecular complexity index is 645. The maximum Gasteiger partial charge on any atom is 0.307 e. The van der Waals surface area contributed by atoms with Gasteiger partial charge in [0, 0.05) is 17.3 Å². The summed E-state index contributed by atoms with van der Waals surface area (Å²) in [5.74, 6) is -2.59. The SMILES string of the molecule is Cc1ncc(CC(=O)O)c(-c2ccc(F)c(F)c2)n1. The van der Waals surface area contributed by atoms with Gasteiger partial charge >= 0.3 is 5.97 Å². The number of rotatable bonds is 3. The Hall–Kier alpha value is -2.37. The minimum absolute atomic E-state index is 0.283. The lowest BCUT2D eigenvalue weighted by Gasteiger charge is -2.08. The minimum atomic E-state index is -1.05. The zero-order valence-corrected chi connectivity index (χ0v) is 10.0. The van der Waals surface area contributed by atoms with Gasteiger partial charge < -0.3 is 5.11 Å². The number of aliphatic carboxylic acids is 1. The van der Waals surface area contributed by atoms with Crippen molar-refractivity contribution in [3.8, 4) is 11.3 Å². The summed E-state index contributed by atoms with van der Waals surface area (Å²) in [7, 11) is 0. The summed E-state index contributed by atoms with van der Waals surface area (Å²) in [6.45, 7) is 1.63. The number of nitrogens with zero attached hydrogens (tertiary/aromatic N) is 2. The van der Waals surface area contributed by atoms with Gasteiger partial charge in [0.1, 0.15) is 5.82 Å². The lowest BCUT2D eigenvalue weighted by atomic mass is 10.0. The molecular weight excluding hydrogens is 254 g/mol. The van der Waals surface area contributed by atoms with Crippen LogP contribution in [0.4, 0.5) is 8.78 Å². The maximum absolute atomic E-state index is 13.2. The molecule has 0 radical (unpaired) electrons. The number of aryl methyl sites for hydroxylation is 1. The first-order chi connectivity index (χ1) is 8.97. The number of carboxylic acid groups (broad SMARTS) is 1. The van der Waals surface area contributed by atoms with Crippen molar-refractivity contribution in [2.45, 2.75) is 13.3 Å². The molecule has 0 unspecified atom stereocenters. The molecule has 0 aliphatic rings. The Labute approximate surface area is 107 Å². The smallest absolute Gasteiger partial charge is 0.307 e. The molecule has 19 heavy (non-hydrogen) atoms. The van der Waals surface area contributed by atoms with Crippen molar-refractivity contribution < 1.29 is 18.7 Å². The second-order valence-corrected chi connectivity index (χ2v) is 3.99. The number of halogens is 2. The van der Waals surface area contributed by atoms with E-state index in [4.69, 9.17) is 5.11 Å². The third-order valence-electron chi connectivity index (χ3n) is 2.52. The predicted molar refractivity (Wildman–Crippen MR) is 63.5 cm³/mol. The van der Waals surface area contributed by atoms with E-state index in [0.717, 1.165) is 12.1 Å². The van der Waals surface area contributed by atoms with Gasteiger partial charge in [0.2, 0.25) is 0 Å². The Kier molecular flexibility index (Phi) is 3.50. The molecule has 0 saturated heterocycles. The van der Waals surface area contributed by atoms with Crippen LogP contribution in [-0.2, 0) is 11.2 Å². The first-order valence-corrected chi connectivity index (χ1v) is 5.47. The molecular formula is C13H10F2N2O2. The van der Waals surface area contributed by atoms with Crippen LogP contribution in [-0.4, -0.2) is 21.0 Å². The van der Waals surface area contributed by atoms with Crippen molar-refractivity contribution in [1.29, 1.82) is 0 Å². The van der Waals surface area contributed by atoms with Crippen LogP contribution in [0, 0.1) is 18.6 Å². The lowest BCUT2D eigenvalue weighted by molar-refractivity contribution is -0.136. The molecule has 4 nitrogen and oxygen atoms in total. The molecule has 0 bridgehead atoms. The molecule has 2 rings (SSSR count). The Morgan fingerprint density at radius 2 is 2.05 bits per heavy atom. The summed E-state index contributed by atoms with van der Waals surface area (Å²) in [5, 5.41) is 8.82. The third kappa shape index (κ3) is 2.90. The van der Waals surface area contributed by atoms with E-state index in [2.05, 4.69) is 9.97 Å². The monoisotopic (exact) mass is 264 g/mol. The molecule has 0 spiro atoms. The fraction of sp³-hybridized carbons (Fsp3) is 0.154. The number of hydrogen-bond donors (Lipinski definition) is 1. The van der Waals surface area contributed by atoms with Crippen molar-refractivity contribution in [3.05, 3.63) is 47.4 Å². The summed E-state index contributed by atoms with van der Waals surface area (Å²) >= 11 is 0. The minimum Gasteiger partial charge on any atom is -0.481 e. The molecule has 1 heterocycles. The second-order valence-electron chi connectivity index (χ2n) is 3.99. The molecule has 1 aromatic heterocycles. The van der Waals surface area contributed by atoms with Gasteiger partial charge in [-0.15, -0.1) is 0 Å². The first kappa shape index (κ1) is 13.1. The molecule has 6 heteroatoms. The molecule has 0 saturated carbocycles. The summed E-state index contributed by atoms with van der Waals surface area (Å²) in [6, 6.07) is 3.32. The number of benzene rings is 1. The Morgan fingerprint density at radius 3 is 2.68 bits per heavy atom. The van der Waals surface area contributed by atoms with E-state index in [9.17, 15) is 13.6 Å². The van der Waals surface area contributed by atoms with Gasteiger partial charge in [0.05, 0.1) is 12.1 Å². The predicted octanol–water partition coefficient (Wildman–Crippen LogP) is 2.36. The van der Waals surface area contributed by atoms with Gasteiger partial charge in [0.15, 0.2) is 11.6 Å². The van der Waals surface area contributed by atoms with E-state index in [1.807, 2.05) is 0 Å². The lowest BCUT2D eigenvalue weighted by Crippen LogP contribution is -2.05. The van der Waals surface area contributed by atoms with Crippen molar-refractivity contribution >= 4 is 5.97 Å². The number of carbonyl (C=O) groups is 1. The highest BCUT2D eigenvalue weighted by molar-refractivity contribution is 5.74.